The highest BCUT2D eigenvalue weighted by Gasteiger charge is 2.12. The predicted octanol–water partition coefficient (Wildman–Crippen LogP) is 4.22. The van der Waals surface area contributed by atoms with Crippen LogP contribution in [0.3, 0.4) is 0 Å². The first-order valence-corrected chi connectivity index (χ1v) is 11.2. The first-order valence-electron chi connectivity index (χ1n) is 11.2. The molecular weight excluding hydrogens is 428 g/mol. The average molecular weight is 457 g/mol. The highest BCUT2D eigenvalue weighted by atomic mass is 16.5. The highest BCUT2D eigenvalue weighted by Crippen LogP contribution is 2.28. The Balaban J connectivity index is 1.43. The summed E-state index contributed by atoms with van der Waals surface area (Å²) in [4.78, 5) is 21.1. The Morgan fingerprint density at radius 3 is 2.74 bits per heavy atom. The van der Waals surface area contributed by atoms with Crippen molar-refractivity contribution in [3.63, 3.8) is 0 Å². The van der Waals surface area contributed by atoms with Crippen molar-refractivity contribution in [3.05, 3.63) is 96.6 Å². The lowest BCUT2D eigenvalue weighted by Crippen LogP contribution is -2.26. The van der Waals surface area contributed by atoms with Crippen molar-refractivity contribution in [1.29, 1.82) is 0 Å². The second kappa shape index (κ2) is 11.1. The van der Waals surface area contributed by atoms with E-state index in [1.165, 1.54) is 0 Å². The van der Waals surface area contributed by atoms with Gasteiger partial charge in [-0.05, 0) is 48.4 Å². The number of benzene rings is 2. The zero-order valence-corrected chi connectivity index (χ0v) is 19.2. The van der Waals surface area contributed by atoms with Gasteiger partial charge in [0, 0.05) is 30.9 Å². The van der Waals surface area contributed by atoms with Crippen LogP contribution in [0.25, 0.3) is 11.0 Å². The van der Waals surface area contributed by atoms with Gasteiger partial charge in [0.2, 0.25) is 0 Å². The van der Waals surface area contributed by atoms with Crippen LogP contribution in [0.5, 0.6) is 11.5 Å². The molecular formula is C27H28N4O3. The summed E-state index contributed by atoms with van der Waals surface area (Å²) in [6.45, 7) is 5.33. The summed E-state index contributed by atoms with van der Waals surface area (Å²) in [7, 11) is 1.64. The number of pyridine rings is 1. The molecule has 2 aromatic carbocycles. The molecule has 2 heterocycles. The Morgan fingerprint density at radius 1 is 1.12 bits per heavy atom. The summed E-state index contributed by atoms with van der Waals surface area (Å²) < 4.78 is 13.7. The van der Waals surface area contributed by atoms with Crippen LogP contribution in [0.15, 0.2) is 79.6 Å². The lowest BCUT2D eigenvalue weighted by Gasteiger charge is -2.14. The lowest BCUT2D eigenvalue weighted by molar-refractivity contribution is 0.0953. The SMILES string of the molecule is C=CCc1ccc(OCCn2c(CCNC(=O)c3ccncc3)nc3ccccc32)c(OC)c1. The molecule has 0 unspecified atom stereocenters. The minimum absolute atomic E-state index is 0.125. The fourth-order valence-corrected chi connectivity index (χ4v) is 3.83. The maximum absolute atomic E-state index is 12.3. The minimum Gasteiger partial charge on any atom is -0.493 e. The molecule has 0 radical (unpaired) electrons. The standard InChI is InChI=1S/C27H28N4O3/c1-3-6-20-9-10-24(25(19-20)33-2)34-18-17-31-23-8-5-4-7-22(23)30-26(31)13-16-29-27(32)21-11-14-28-15-12-21/h3-5,7-12,14-15,19H,1,6,13,16-18H2,2H3,(H,29,32). The molecule has 0 aliphatic rings. The van der Waals surface area contributed by atoms with E-state index in [1.807, 2.05) is 48.5 Å². The zero-order valence-electron chi connectivity index (χ0n) is 19.2. The fraction of sp³-hybridized carbons (Fsp3) is 0.222. The van der Waals surface area contributed by atoms with E-state index in [0.717, 1.165) is 28.8 Å². The summed E-state index contributed by atoms with van der Waals surface area (Å²) in [5, 5.41) is 2.96. The third-order valence-electron chi connectivity index (χ3n) is 5.49. The van der Waals surface area contributed by atoms with Crippen LogP contribution in [-0.4, -0.2) is 40.7 Å². The Hall–Kier alpha value is -4.13. The lowest BCUT2D eigenvalue weighted by atomic mass is 10.1. The molecule has 0 saturated heterocycles. The van der Waals surface area contributed by atoms with Crippen molar-refractivity contribution in [2.75, 3.05) is 20.3 Å². The van der Waals surface area contributed by atoms with Crippen LogP contribution in [0, 0.1) is 0 Å². The van der Waals surface area contributed by atoms with Crippen molar-refractivity contribution in [1.82, 2.24) is 19.9 Å². The number of para-hydroxylation sites is 2. The topological polar surface area (TPSA) is 78.3 Å². The molecule has 0 aliphatic heterocycles. The van der Waals surface area contributed by atoms with Gasteiger partial charge in [-0.2, -0.15) is 0 Å². The van der Waals surface area contributed by atoms with E-state index in [9.17, 15) is 4.79 Å². The van der Waals surface area contributed by atoms with Crippen LogP contribution in [0.4, 0.5) is 0 Å². The van der Waals surface area contributed by atoms with E-state index in [2.05, 4.69) is 21.4 Å². The molecule has 0 saturated carbocycles. The quantitative estimate of drug-likeness (QED) is 0.342. The summed E-state index contributed by atoms with van der Waals surface area (Å²) in [6, 6.07) is 17.3. The highest BCUT2D eigenvalue weighted by molar-refractivity contribution is 5.93. The van der Waals surface area contributed by atoms with Gasteiger partial charge in [0.05, 0.1) is 24.7 Å². The van der Waals surface area contributed by atoms with E-state index in [0.29, 0.717) is 43.2 Å². The van der Waals surface area contributed by atoms with E-state index in [4.69, 9.17) is 14.5 Å². The molecule has 7 heteroatoms. The van der Waals surface area contributed by atoms with Gasteiger partial charge in [0.1, 0.15) is 12.4 Å². The largest absolute Gasteiger partial charge is 0.493 e. The van der Waals surface area contributed by atoms with Crippen LogP contribution >= 0.6 is 0 Å². The van der Waals surface area contributed by atoms with Crippen molar-refractivity contribution >= 4 is 16.9 Å². The van der Waals surface area contributed by atoms with Crippen molar-refractivity contribution in [2.45, 2.75) is 19.4 Å². The number of nitrogens with zero attached hydrogens (tertiary/aromatic N) is 3. The van der Waals surface area contributed by atoms with Gasteiger partial charge in [0.15, 0.2) is 11.5 Å². The number of nitrogens with one attached hydrogen (secondary N) is 1. The number of hydrogen-bond acceptors (Lipinski definition) is 5. The van der Waals surface area contributed by atoms with Crippen LogP contribution in [0.1, 0.15) is 21.7 Å². The number of carbonyl (C=O) groups is 1. The van der Waals surface area contributed by atoms with Gasteiger partial charge in [-0.3, -0.25) is 9.78 Å². The maximum atomic E-state index is 12.3. The number of rotatable bonds is 11. The summed E-state index contributed by atoms with van der Waals surface area (Å²) >= 11 is 0. The van der Waals surface area contributed by atoms with E-state index in [-0.39, 0.29) is 5.91 Å². The predicted molar refractivity (Wildman–Crippen MR) is 132 cm³/mol. The van der Waals surface area contributed by atoms with Gasteiger partial charge >= 0.3 is 0 Å². The first-order chi connectivity index (χ1) is 16.7. The second-order valence-corrected chi connectivity index (χ2v) is 7.74. The van der Waals surface area contributed by atoms with Crippen molar-refractivity contribution in [2.24, 2.45) is 0 Å². The molecule has 7 nitrogen and oxygen atoms in total. The van der Waals surface area contributed by atoms with Crippen LogP contribution in [0.2, 0.25) is 0 Å². The molecule has 2 aromatic heterocycles. The Morgan fingerprint density at radius 2 is 1.94 bits per heavy atom. The number of hydrogen-bond donors (Lipinski definition) is 1. The number of fused-ring (bicyclic) bond motifs is 1. The number of allylic oxidation sites excluding steroid dienone is 1. The molecule has 174 valence electrons. The first kappa shape index (κ1) is 23.0. The Bertz CT molecular complexity index is 1270. The number of ether oxygens (including phenoxy) is 2. The number of amides is 1. The average Bonchev–Trinajstić information content (AvgIpc) is 3.22. The minimum atomic E-state index is -0.125. The second-order valence-electron chi connectivity index (χ2n) is 7.74. The summed E-state index contributed by atoms with van der Waals surface area (Å²) in [5.41, 5.74) is 3.67. The molecule has 34 heavy (non-hydrogen) atoms. The Kier molecular flexibility index (Phi) is 7.55. The van der Waals surface area contributed by atoms with E-state index in [1.54, 1.807) is 31.6 Å². The molecule has 0 bridgehead atoms. The third kappa shape index (κ3) is 5.43. The fourth-order valence-electron chi connectivity index (χ4n) is 3.83. The number of aromatic nitrogens is 3. The molecule has 1 N–H and O–H groups in total. The van der Waals surface area contributed by atoms with Crippen molar-refractivity contribution < 1.29 is 14.3 Å². The third-order valence-corrected chi connectivity index (χ3v) is 5.49. The van der Waals surface area contributed by atoms with Gasteiger partial charge in [0.25, 0.3) is 5.91 Å². The van der Waals surface area contributed by atoms with Gasteiger partial charge < -0.3 is 19.4 Å². The zero-order chi connectivity index (χ0) is 23.8. The van der Waals surface area contributed by atoms with E-state index >= 15 is 0 Å². The van der Waals surface area contributed by atoms with Crippen molar-refractivity contribution in [3.8, 4) is 11.5 Å². The number of imidazole rings is 1. The number of methoxy groups -OCH3 is 1. The molecule has 0 aliphatic carbocycles. The number of carbonyl (C=O) groups excluding carboxylic acids is 1. The summed E-state index contributed by atoms with van der Waals surface area (Å²) in [6.07, 6.45) is 6.46. The molecule has 4 rings (SSSR count). The summed E-state index contributed by atoms with van der Waals surface area (Å²) in [5.74, 6) is 2.17. The molecule has 0 atom stereocenters. The smallest absolute Gasteiger partial charge is 0.251 e. The van der Waals surface area contributed by atoms with Gasteiger partial charge in [-0.15, -0.1) is 6.58 Å². The van der Waals surface area contributed by atoms with Crippen LogP contribution in [-0.2, 0) is 19.4 Å². The molecule has 1 amide bonds. The Labute approximate surface area is 199 Å². The molecule has 4 aromatic rings. The van der Waals surface area contributed by atoms with E-state index < -0.39 is 0 Å². The maximum Gasteiger partial charge on any atom is 0.251 e. The van der Waals surface area contributed by atoms with Crippen LogP contribution < -0.4 is 14.8 Å². The van der Waals surface area contributed by atoms with Gasteiger partial charge in [-0.1, -0.05) is 24.3 Å². The monoisotopic (exact) mass is 456 g/mol. The van der Waals surface area contributed by atoms with Gasteiger partial charge in [-0.25, -0.2) is 4.98 Å². The normalized spacial score (nSPS) is 10.7. The molecule has 0 spiro atoms. The molecule has 0 fully saturated rings.